The number of aliphatic hydroxyl groups is 12. The van der Waals surface area contributed by atoms with Crippen LogP contribution in [-0.2, 0) is 66.1 Å². The van der Waals surface area contributed by atoms with Crippen LogP contribution in [0.3, 0.4) is 0 Å². The molecule has 16 aromatic rings. The van der Waals surface area contributed by atoms with Gasteiger partial charge in [0.25, 0.3) is 0 Å². The van der Waals surface area contributed by atoms with Gasteiger partial charge in [0.2, 0.25) is 0 Å². The van der Waals surface area contributed by atoms with Crippen LogP contribution in [0.1, 0.15) is 164 Å². The number of nitrogens with one attached hydrogen (secondary N) is 1. The van der Waals surface area contributed by atoms with Crippen LogP contribution >= 0.6 is 24.0 Å². The molecule has 0 unspecified atom stereocenters. The van der Waals surface area contributed by atoms with E-state index in [1.165, 1.54) is 27.8 Å². The highest BCUT2D eigenvalue weighted by atomic mass is 127. The number of hydrogen-bond acceptors (Lipinski definition) is 22. The first-order valence-corrected chi connectivity index (χ1v) is 45.6. The first kappa shape index (κ1) is 97.6. The van der Waals surface area contributed by atoms with E-state index in [4.69, 9.17) is 0 Å². The summed E-state index contributed by atoms with van der Waals surface area (Å²) in [7, 11) is 0. The highest BCUT2D eigenvalue weighted by Gasteiger charge is 2.31. The van der Waals surface area contributed by atoms with Gasteiger partial charge in [-0.25, -0.2) is 15.0 Å². The smallest absolute Gasteiger partial charge is 0.166 e. The number of carbonyl (C=O) groups is 2. The lowest BCUT2D eigenvalue weighted by molar-refractivity contribution is 0.0974. The molecule has 4 aromatic heterocycles. The van der Waals surface area contributed by atoms with Gasteiger partial charge in [-0.1, -0.05) is 78.9 Å². The number of fused-ring (bicyclic) bond motifs is 8. The highest BCUT2D eigenvalue weighted by Crippen LogP contribution is 2.47. The Balaban J connectivity index is 0.000000133. The van der Waals surface area contributed by atoms with Gasteiger partial charge in [0.05, 0.1) is 84.0 Å². The second-order valence-electron chi connectivity index (χ2n) is 34.8. The van der Waals surface area contributed by atoms with Crippen molar-refractivity contribution < 1.29 is 70.9 Å². The molecule has 0 radical (unpaired) electrons. The summed E-state index contributed by atoms with van der Waals surface area (Å²) in [5, 5.41) is 130. The van der Waals surface area contributed by atoms with E-state index in [1.807, 2.05) is 208 Å². The number of para-hydroxylation sites is 4. The first-order valence-electron chi connectivity index (χ1n) is 45.6. The van der Waals surface area contributed by atoms with E-state index in [9.17, 15) is 70.9 Å². The number of anilines is 7. The number of aryl methyl sites for hydroxylation is 4. The average molecular weight is 1930 g/mol. The van der Waals surface area contributed by atoms with Crippen LogP contribution in [0.2, 0.25) is 0 Å². The molecule has 0 saturated heterocycles. The maximum atomic E-state index is 12.4. The zero-order chi connectivity index (χ0) is 95.0. The Bertz CT molecular complexity index is 7190. The monoisotopic (exact) mass is 1930 g/mol. The average Bonchev–Trinajstić information content (AvgIpc) is 0.812. The topological polar surface area (TPSA) is 350 Å². The molecule has 12 aromatic carbocycles. The van der Waals surface area contributed by atoms with Crippen molar-refractivity contribution in [3.8, 4) is 44.5 Å². The van der Waals surface area contributed by atoms with Crippen LogP contribution in [0.5, 0.6) is 0 Å². The van der Waals surface area contributed by atoms with Crippen molar-refractivity contribution in [3.63, 3.8) is 0 Å². The van der Waals surface area contributed by atoms with Gasteiger partial charge in [0, 0.05) is 109 Å². The molecule has 136 heavy (non-hydrogen) atoms. The van der Waals surface area contributed by atoms with Crippen molar-refractivity contribution in [3.05, 3.63) is 360 Å². The molecule has 0 spiro atoms. The third kappa shape index (κ3) is 19.9. The van der Waals surface area contributed by atoms with Crippen molar-refractivity contribution in [2.75, 3.05) is 46.2 Å². The molecule has 22 nitrogen and oxygen atoms in total. The zero-order valence-electron chi connectivity index (χ0n) is 77.2. The van der Waals surface area contributed by atoms with Crippen molar-refractivity contribution in [2.24, 2.45) is 0 Å². The number of aromatic nitrogens is 4. The molecule has 20 rings (SSSR count). The summed E-state index contributed by atoms with van der Waals surface area (Å²) in [6.45, 7) is 15.7. The quantitative estimate of drug-likeness (QED) is 0.0377. The van der Waals surface area contributed by atoms with E-state index < -0.39 is 12.2 Å². The Hall–Kier alpha value is -12.9. The molecule has 696 valence electrons. The molecule has 8 heterocycles. The fourth-order valence-corrected chi connectivity index (χ4v) is 19.3. The molecule has 4 aliphatic heterocycles. The van der Waals surface area contributed by atoms with E-state index in [-0.39, 0.29) is 102 Å². The van der Waals surface area contributed by atoms with Gasteiger partial charge >= 0.3 is 0 Å². The molecular formula is C113H113IN8O14. The minimum Gasteiger partial charge on any atom is -0.392 e. The standard InChI is InChI=1S/C28H28N2O5.C28H28N2O3.C28H26N2O3.C20H21NO2.C9H9NO.HI/c31-13-19-9-18-10-21(15-33)24(16-34)28(23(18)11-20(19)14-32)17-5-7-29-27(12-17)30-8-6-26(35)22-3-1-2-4-25(22)30;2*1-17-11-20-12-21(15-31)22(16-32)13-24(20)28(18(17)2)19-7-9-29-27(14-19)30-10-8-26(33)23-5-3-4-6-25(23)30;1-12-6-16-8-17(10-22)18(11-23)9-19(16)20(14(12)3)15-4-5-21-13(2)7-15;11-9-5-6-10-8-4-2-1-3-7(8)9;/h1-5,7,9-12,26,31-35H,6,8,13-16H2;3-7,9,11-14,26,31-33H,8,10,15-16H2,1-2H3;3-7,9,11-14,31-32H,8,10,15-16H2,1-2H3;4-9,22-23H,10-11H2,1-3H3;1-4,10H,5-6H2;1H/t2*26-;;;;/m00..../s1. The molecule has 0 amide bonds. The largest absolute Gasteiger partial charge is 0.392 e. The number of nitrogens with zero attached hydrogens (tertiary/aromatic N) is 7. The minimum absolute atomic E-state index is 0. The van der Waals surface area contributed by atoms with Crippen molar-refractivity contribution in [1.29, 1.82) is 0 Å². The predicted octanol–water partition coefficient (Wildman–Crippen LogP) is 19.9. The summed E-state index contributed by atoms with van der Waals surface area (Å²) in [6.07, 6.45) is 8.52. The van der Waals surface area contributed by atoms with E-state index >= 15 is 0 Å². The van der Waals surface area contributed by atoms with E-state index in [0.717, 1.165) is 195 Å². The Labute approximate surface area is 807 Å². The van der Waals surface area contributed by atoms with E-state index in [1.54, 1.807) is 6.20 Å². The van der Waals surface area contributed by atoms with E-state index in [0.29, 0.717) is 73.4 Å². The molecule has 0 aliphatic carbocycles. The number of halogens is 1. The molecule has 13 N–H and O–H groups in total. The Morgan fingerprint density at radius 2 is 0.647 bits per heavy atom. The Morgan fingerprint density at radius 3 is 1.04 bits per heavy atom. The third-order valence-corrected chi connectivity index (χ3v) is 26.8. The summed E-state index contributed by atoms with van der Waals surface area (Å²) in [5.41, 5.74) is 30.3. The van der Waals surface area contributed by atoms with Crippen LogP contribution in [0.4, 0.5) is 40.2 Å². The number of carbonyl (C=O) groups excluding carboxylic acids is 2. The number of benzene rings is 12. The summed E-state index contributed by atoms with van der Waals surface area (Å²) >= 11 is 0. The Morgan fingerprint density at radius 1 is 0.324 bits per heavy atom. The van der Waals surface area contributed by atoms with Gasteiger partial charge in [0.1, 0.15) is 17.5 Å². The van der Waals surface area contributed by atoms with E-state index in [2.05, 4.69) is 118 Å². The van der Waals surface area contributed by atoms with Gasteiger partial charge in [-0.2, -0.15) is 0 Å². The first-order chi connectivity index (χ1) is 65.5. The number of hydrogen-bond donors (Lipinski definition) is 13. The molecular weight excluding hydrogens is 1820 g/mol. The van der Waals surface area contributed by atoms with Crippen LogP contribution in [0.15, 0.2) is 243 Å². The summed E-state index contributed by atoms with van der Waals surface area (Å²) < 4.78 is 0. The van der Waals surface area contributed by atoms with Gasteiger partial charge in [-0.15, -0.1) is 24.0 Å². The number of rotatable bonds is 17. The lowest BCUT2D eigenvalue weighted by atomic mass is 9.88. The fraction of sp³-hybridized carbons (Fsp3) is 0.239. The van der Waals surface area contributed by atoms with Crippen LogP contribution in [0, 0.1) is 48.5 Å². The second-order valence-corrected chi connectivity index (χ2v) is 34.8. The minimum atomic E-state index is -0.519. The highest BCUT2D eigenvalue weighted by molar-refractivity contribution is 14.0. The molecule has 0 bridgehead atoms. The maximum absolute atomic E-state index is 12.4. The molecule has 0 saturated carbocycles. The Kier molecular flexibility index (Phi) is 31.1. The molecule has 0 fully saturated rings. The number of pyridine rings is 4. The van der Waals surface area contributed by atoms with Crippen LogP contribution in [0.25, 0.3) is 87.6 Å². The summed E-state index contributed by atoms with van der Waals surface area (Å²) in [4.78, 5) is 48.2. The van der Waals surface area contributed by atoms with Crippen LogP contribution < -0.4 is 20.0 Å². The lowest BCUT2D eigenvalue weighted by Gasteiger charge is -2.33. The summed E-state index contributed by atoms with van der Waals surface area (Å²) in [5.74, 6) is 2.77. The molecule has 4 aliphatic rings. The van der Waals surface area contributed by atoms with Gasteiger partial charge in [-0.05, 0) is 377 Å². The van der Waals surface area contributed by atoms with Crippen molar-refractivity contribution in [1.82, 2.24) is 19.9 Å². The van der Waals surface area contributed by atoms with Crippen LogP contribution in [-0.4, -0.2) is 119 Å². The van der Waals surface area contributed by atoms with Gasteiger partial charge in [-0.3, -0.25) is 14.6 Å². The molecule has 2 atom stereocenters. The number of ketones is 2. The third-order valence-electron chi connectivity index (χ3n) is 26.8. The van der Waals surface area contributed by atoms with Crippen molar-refractivity contribution in [2.45, 2.75) is 152 Å². The SMILES string of the molecule is Cc1cc(-c2c(C)c(C)cc3cc(CO)c(CO)cc23)ccn1.Cc1cc2cc(CO)c(CO)cc2c(-c2ccnc(N3CCC(=O)c4ccccc43)c2)c1C.Cc1cc2cc(CO)c(CO)cc2c(-c2ccnc(N3CC[C@H](O)c4ccccc43)c2)c1C.I.O=C1CCNc2ccccc21.OCc1cc2cc(CO)c(CO)c(-c3ccnc(N4CC[C@H](O)c5ccccc54)c3)c2cc1CO. The lowest BCUT2D eigenvalue weighted by Crippen LogP contribution is -2.28. The number of aliphatic hydroxyl groups excluding tert-OH is 12. The maximum Gasteiger partial charge on any atom is 0.166 e. The number of Topliss-reactive ketones (excluding diaryl/α,β-unsaturated/α-hetero) is 2. The zero-order valence-corrected chi connectivity index (χ0v) is 79.5. The van der Waals surface area contributed by atoms with Gasteiger partial charge < -0.3 is 81.3 Å². The normalized spacial score (nSPS) is 14.2. The predicted molar refractivity (Wildman–Crippen MR) is 549 cm³/mol. The summed E-state index contributed by atoms with van der Waals surface area (Å²) in [6, 6.07) is 70.9. The van der Waals surface area contributed by atoms with Crippen molar-refractivity contribution >= 4 is 119 Å². The molecule has 23 heteroatoms. The fourth-order valence-electron chi connectivity index (χ4n) is 19.3. The second kappa shape index (κ2) is 43.4. The van der Waals surface area contributed by atoms with Gasteiger partial charge in [0.15, 0.2) is 11.6 Å².